The van der Waals surface area contributed by atoms with Crippen molar-refractivity contribution in [3.8, 4) is 0 Å². The molecule has 2 atom stereocenters. The SMILES string of the molecule is O=C(Nc1ccc(Cl)cc1)C1CC1C(=O)N1CCN(c2ncccn2)CC1. The molecule has 0 bridgehead atoms. The van der Waals surface area contributed by atoms with Gasteiger partial charge in [-0.15, -0.1) is 0 Å². The number of carbonyl (C=O) groups is 2. The van der Waals surface area contributed by atoms with Crippen molar-refractivity contribution in [3.05, 3.63) is 47.7 Å². The van der Waals surface area contributed by atoms with Crippen LogP contribution >= 0.6 is 11.6 Å². The molecule has 1 aliphatic carbocycles. The molecule has 2 aromatic rings. The lowest BCUT2D eigenvalue weighted by molar-refractivity contribution is -0.134. The molecule has 7 nitrogen and oxygen atoms in total. The highest BCUT2D eigenvalue weighted by atomic mass is 35.5. The molecule has 2 heterocycles. The molecule has 0 spiro atoms. The van der Waals surface area contributed by atoms with Crippen molar-refractivity contribution in [1.29, 1.82) is 0 Å². The first-order valence-corrected chi connectivity index (χ1v) is 9.37. The lowest BCUT2D eigenvalue weighted by atomic mass is 10.2. The van der Waals surface area contributed by atoms with Crippen LogP contribution in [0.25, 0.3) is 0 Å². The number of halogens is 1. The van der Waals surface area contributed by atoms with Gasteiger partial charge < -0.3 is 15.1 Å². The summed E-state index contributed by atoms with van der Waals surface area (Å²) in [5.41, 5.74) is 0.693. The van der Waals surface area contributed by atoms with E-state index >= 15 is 0 Å². The van der Waals surface area contributed by atoms with E-state index in [-0.39, 0.29) is 23.7 Å². The highest BCUT2D eigenvalue weighted by Gasteiger charge is 2.49. The Bertz CT molecular complexity index is 822. The number of amides is 2. The molecule has 1 saturated carbocycles. The van der Waals surface area contributed by atoms with Crippen molar-refractivity contribution in [3.63, 3.8) is 0 Å². The van der Waals surface area contributed by atoms with Crippen LogP contribution in [0.4, 0.5) is 11.6 Å². The third kappa shape index (κ3) is 4.03. The maximum absolute atomic E-state index is 12.7. The molecule has 1 aliphatic heterocycles. The third-order valence-corrected chi connectivity index (χ3v) is 5.23. The summed E-state index contributed by atoms with van der Waals surface area (Å²) < 4.78 is 0. The fraction of sp³-hybridized carbons (Fsp3) is 0.368. The molecule has 1 N–H and O–H groups in total. The molecule has 2 aliphatic rings. The number of piperazine rings is 1. The van der Waals surface area contributed by atoms with Crippen LogP contribution in [-0.2, 0) is 9.59 Å². The summed E-state index contributed by atoms with van der Waals surface area (Å²) in [5, 5.41) is 3.47. The fourth-order valence-corrected chi connectivity index (χ4v) is 3.47. The van der Waals surface area contributed by atoms with E-state index in [1.165, 1.54) is 0 Å². The van der Waals surface area contributed by atoms with Crippen LogP contribution < -0.4 is 10.2 Å². The van der Waals surface area contributed by atoms with Crippen LogP contribution in [0.15, 0.2) is 42.7 Å². The van der Waals surface area contributed by atoms with Crippen LogP contribution in [0.1, 0.15) is 6.42 Å². The van der Waals surface area contributed by atoms with Crippen molar-refractivity contribution in [1.82, 2.24) is 14.9 Å². The lowest BCUT2D eigenvalue weighted by Gasteiger charge is -2.34. The van der Waals surface area contributed by atoms with Crippen molar-refractivity contribution in [2.45, 2.75) is 6.42 Å². The normalized spacial score (nSPS) is 21.7. The number of hydrogen-bond acceptors (Lipinski definition) is 5. The fourth-order valence-electron chi connectivity index (χ4n) is 3.34. The molecule has 0 radical (unpaired) electrons. The predicted molar refractivity (Wildman–Crippen MR) is 103 cm³/mol. The first kappa shape index (κ1) is 17.7. The zero-order valence-electron chi connectivity index (χ0n) is 14.7. The Kier molecular flexibility index (Phi) is 4.94. The minimum absolute atomic E-state index is 0.0693. The van der Waals surface area contributed by atoms with Crippen LogP contribution in [0.5, 0.6) is 0 Å². The number of anilines is 2. The number of aromatic nitrogens is 2. The Labute approximate surface area is 162 Å². The molecule has 2 amide bonds. The second-order valence-electron chi connectivity index (χ2n) is 6.81. The van der Waals surface area contributed by atoms with E-state index in [0.717, 1.165) is 0 Å². The summed E-state index contributed by atoms with van der Waals surface area (Å²) in [7, 11) is 0. The number of nitrogens with one attached hydrogen (secondary N) is 1. The summed E-state index contributed by atoms with van der Waals surface area (Å²) in [4.78, 5) is 37.5. The van der Waals surface area contributed by atoms with E-state index in [2.05, 4.69) is 20.2 Å². The van der Waals surface area contributed by atoms with Gasteiger partial charge >= 0.3 is 0 Å². The maximum Gasteiger partial charge on any atom is 0.228 e. The van der Waals surface area contributed by atoms with Gasteiger partial charge in [0.05, 0.1) is 11.8 Å². The average Bonchev–Trinajstić information content (AvgIpc) is 3.51. The summed E-state index contributed by atoms with van der Waals surface area (Å²) in [6, 6.07) is 8.74. The van der Waals surface area contributed by atoms with Crippen molar-refractivity contribution in [2.24, 2.45) is 11.8 Å². The van der Waals surface area contributed by atoms with Crippen LogP contribution in [0.2, 0.25) is 5.02 Å². The summed E-state index contributed by atoms with van der Waals surface area (Å²) >= 11 is 5.85. The smallest absolute Gasteiger partial charge is 0.228 e. The second kappa shape index (κ2) is 7.52. The number of carbonyl (C=O) groups excluding carboxylic acids is 2. The van der Waals surface area contributed by atoms with Crippen LogP contribution in [0, 0.1) is 11.8 Å². The van der Waals surface area contributed by atoms with E-state index in [0.29, 0.717) is 49.3 Å². The molecule has 140 valence electrons. The summed E-state index contributed by atoms with van der Waals surface area (Å²) in [6.07, 6.45) is 4.04. The minimum Gasteiger partial charge on any atom is -0.339 e. The third-order valence-electron chi connectivity index (χ3n) is 4.98. The largest absolute Gasteiger partial charge is 0.339 e. The van der Waals surface area contributed by atoms with Gasteiger partial charge in [0, 0.05) is 49.3 Å². The molecule has 4 rings (SSSR count). The van der Waals surface area contributed by atoms with Gasteiger partial charge in [-0.05, 0) is 36.8 Å². The first-order chi connectivity index (χ1) is 13.1. The molecule has 27 heavy (non-hydrogen) atoms. The lowest BCUT2D eigenvalue weighted by Crippen LogP contribution is -2.50. The van der Waals surface area contributed by atoms with E-state index in [1.54, 1.807) is 42.7 Å². The standard InChI is InChI=1S/C19H20ClN5O2/c20-13-2-4-14(5-3-13)23-17(26)15-12-16(15)18(27)24-8-10-25(11-9-24)19-21-6-1-7-22-19/h1-7,15-16H,8-12H2,(H,23,26). The Morgan fingerprint density at radius 2 is 1.67 bits per heavy atom. The number of benzene rings is 1. The van der Waals surface area contributed by atoms with E-state index in [9.17, 15) is 9.59 Å². The Hall–Kier alpha value is -2.67. The highest BCUT2D eigenvalue weighted by Crippen LogP contribution is 2.41. The molecule has 8 heteroatoms. The highest BCUT2D eigenvalue weighted by molar-refractivity contribution is 6.30. The van der Waals surface area contributed by atoms with Gasteiger partial charge in [0.2, 0.25) is 17.8 Å². The van der Waals surface area contributed by atoms with Crippen molar-refractivity contribution < 1.29 is 9.59 Å². The number of nitrogens with zero attached hydrogens (tertiary/aromatic N) is 4. The van der Waals surface area contributed by atoms with Crippen LogP contribution in [-0.4, -0.2) is 52.9 Å². The Morgan fingerprint density at radius 1 is 1.00 bits per heavy atom. The Balaban J connectivity index is 1.27. The molecule has 1 saturated heterocycles. The van der Waals surface area contributed by atoms with Gasteiger partial charge in [-0.3, -0.25) is 9.59 Å². The topological polar surface area (TPSA) is 78.4 Å². The van der Waals surface area contributed by atoms with E-state index < -0.39 is 0 Å². The molecule has 2 unspecified atom stereocenters. The predicted octanol–water partition coefficient (Wildman–Crippen LogP) is 2.05. The molecule has 2 fully saturated rings. The van der Waals surface area contributed by atoms with Crippen molar-refractivity contribution in [2.75, 3.05) is 36.4 Å². The molecule has 1 aromatic carbocycles. The monoisotopic (exact) mass is 385 g/mol. The van der Waals surface area contributed by atoms with Gasteiger partial charge in [0.15, 0.2) is 0 Å². The summed E-state index contributed by atoms with van der Waals surface area (Å²) in [6.45, 7) is 2.65. The van der Waals surface area contributed by atoms with Crippen molar-refractivity contribution >= 4 is 35.1 Å². The Morgan fingerprint density at radius 3 is 2.33 bits per heavy atom. The van der Waals surface area contributed by atoms with Gasteiger partial charge in [0.1, 0.15) is 0 Å². The van der Waals surface area contributed by atoms with Gasteiger partial charge in [0.25, 0.3) is 0 Å². The first-order valence-electron chi connectivity index (χ1n) is 8.99. The molecule has 1 aromatic heterocycles. The quantitative estimate of drug-likeness (QED) is 0.871. The maximum atomic E-state index is 12.7. The zero-order chi connectivity index (χ0) is 18.8. The summed E-state index contributed by atoms with van der Waals surface area (Å²) in [5.74, 6) is 0.198. The van der Waals surface area contributed by atoms with Crippen LogP contribution in [0.3, 0.4) is 0 Å². The minimum atomic E-state index is -0.247. The molecular formula is C19H20ClN5O2. The van der Waals surface area contributed by atoms with Gasteiger partial charge in [-0.2, -0.15) is 0 Å². The van der Waals surface area contributed by atoms with E-state index in [4.69, 9.17) is 11.6 Å². The molecular weight excluding hydrogens is 366 g/mol. The zero-order valence-corrected chi connectivity index (χ0v) is 15.5. The average molecular weight is 386 g/mol. The number of rotatable bonds is 4. The van der Waals surface area contributed by atoms with Gasteiger partial charge in [-0.25, -0.2) is 9.97 Å². The van der Waals surface area contributed by atoms with E-state index in [1.807, 2.05) is 4.90 Å². The number of hydrogen-bond donors (Lipinski definition) is 1. The van der Waals surface area contributed by atoms with Gasteiger partial charge in [-0.1, -0.05) is 11.6 Å². The second-order valence-corrected chi connectivity index (χ2v) is 7.24.